The number of H-pyrrole nitrogens is 1. The van der Waals surface area contributed by atoms with Gasteiger partial charge in [-0.25, -0.2) is 9.78 Å². The zero-order chi connectivity index (χ0) is 26.7. The minimum absolute atomic E-state index is 0.0484. The monoisotopic (exact) mass is 519 g/mol. The van der Waals surface area contributed by atoms with Crippen LogP contribution in [0.2, 0.25) is 0 Å². The Morgan fingerprint density at radius 2 is 1.53 bits per heavy atom. The maximum atomic E-state index is 13.3. The number of hydrogen-bond acceptors (Lipinski definition) is 8. The maximum absolute atomic E-state index is 13.3. The lowest BCUT2D eigenvalue weighted by atomic mass is 10.0. The summed E-state index contributed by atoms with van der Waals surface area (Å²) in [7, 11) is 0. The second-order valence-electron chi connectivity index (χ2n) is 7.95. The van der Waals surface area contributed by atoms with Crippen molar-refractivity contribution in [1.82, 2.24) is 25.9 Å². The van der Waals surface area contributed by atoms with Crippen molar-refractivity contribution in [2.75, 3.05) is 5.75 Å². The van der Waals surface area contributed by atoms with Gasteiger partial charge in [0.1, 0.15) is 18.1 Å². The molecule has 0 aliphatic carbocycles. The molecule has 2 aromatic rings. The van der Waals surface area contributed by atoms with Gasteiger partial charge >= 0.3 is 5.97 Å². The van der Waals surface area contributed by atoms with Crippen molar-refractivity contribution in [2.24, 2.45) is 11.5 Å². The van der Waals surface area contributed by atoms with Crippen molar-refractivity contribution in [1.29, 1.82) is 0 Å². The molecule has 0 fully saturated rings. The minimum Gasteiger partial charge on any atom is -0.480 e. The molecular formula is C22H29N7O6S. The third-order valence-electron chi connectivity index (χ3n) is 5.08. The van der Waals surface area contributed by atoms with Crippen LogP contribution < -0.4 is 27.4 Å². The van der Waals surface area contributed by atoms with Crippen LogP contribution >= 0.6 is 12.6 Å². The zero-order valence-electron chi connectivity index (χ0n) is 19.2. The summed E-state index contributed by atoms with van der Waals surface area (Å²) in [5.74, 6) is -4.54. The molecule has 4 amide bonds. The van der Waals surface area contributed by atoms with Gasteiger partial charge in [-0.05, 0) is 5.56 Å². The third kappa shape index (κ3) is 9.03. The van der Waals surface area contributed by atoms with E-state index in [0.717, 1.165) is 5.56 Å². The van der Waals surface area contributed by atoms with Crippen LogP contribution in [0.1, 0.15) is 17.7 Å². The number of carbonyl (C=O) groups is 5. The van der Waals surface area contributed by atoms with Crippen molar-refractivity contribution in [3.05, 3.63) is 54.1 Å². The van der Waals surface area contributed by atoms with Crippen LogP contribution in [0.5, 0.6) is 0 Å². The molecule has 4 atom stereocenters. The largest absolute Gasteiger partial charge is 0.480 e. The number of carboxylic acids is 1. The number of aromatic nitrogens is 2. The van der Waals surface area contributed by atoms with Crippen LogP contribution in [0.4, 0.5) is 0 Å². The van der Waals surface area contributed by atoms with Gasteiger partial charge in [-0.2, -0.15) is 12.6 Å². The Kier molecular flexibility index (Phi) is 10.9. The van der Waals surface area contributed by atoms with Crippen molar-refractivity contribution in [3.63, 3.8) is 0 Å². The summed E-state index contributed by atoms with van der Waals surface area (Å²) in [5, 5.41) is 16.7. The highest BCUT2D eigenvalue weighted by atomic mass is 32.1. The SMILES string of the molecule is NC(=O)CC(NC(=O)C(Cc1cnc[nH]1)NC(=O)C(Cc1ccccc1)NC(=O)C(N)CS)C(=O)O. The number of hydrogen-bond donors (Lipinski definition) is 8. The number of rotatable bonds is 14. The molecule has 36 heavy (non-hydrogen) atoms. The van der Waals surface area contributed by atoms with E-state index >= 15 is 0 Å². The quantitative estimate of drug-likeness (QED) is 0.128. The van der Waals surface area contributed by atoms with E-state index in [1.165, 1.54) is 12.5 Å². The van der Waals surface area contributed by atoms with Gasteiger partial charge in [0.15, 0.2) is 0 Å². The van der Waals surface area contributed by atoms with E-state index < -0.39 is 60.2 Å². The zero-order valence-corrected chi connectivity index (χ0v) is 20.1. The van der Waals surface area contributed by atoms with Crippen LogP contribution in [0.25, 0.3) is 0 Å². The number of imidazole rings is 1. The molecule has 1 aromatic carbocycles. The van der Waals surface area contributed by atoms with E-state index in [-0.39, 0.29) is 18.6 Å². The number of carbonyl (C=O) groups excluding carboxylic acids is 4. The molecule has 194 valence electrons. The second-order valence-corrected chi connectivity index (χ2v) is 8.32. The number of carboxylic acid groups (broad SMARTS) is 1. The molecule has 0 aliphatic rings. The van der Waals surface area contributed by atoms with Gasteiger partial charge in [0.05, 0.1) is 18.8 Å². The number of benzene rings is 1. The molecule has 0 aliphatic heterocycles. The Morgan fingerprint density at radius 1 is 0.944 bits per heavy atom. The standard InChI is InChI=1S/C22H29N7O6S/c23-14(10-36)19(31)27-15(6-12-4-2-1-3-5-12)20(32)28-16(7-13-9-25-11-26-13)21(33)29-17(22(34)35)8-18(24)30/h1-5,9,11,14-17,36H,6-8,10,23H2,(H2,24,30)(H,25,26)(H,27,31)(H,28,32)(H,29,33)(H,34,35). The van der Waals surface area contributed by atoms with Gasteiger partial charge in [-0.15, -0.1) is 0 Å². The van der Waals surface area contributed by atoms with Gasteiger partial charge < -0.3 is 37.5 Å². The number of nitrogens with zero attached hydrogens (tertiary/aromatic N) is 1. The molecule has 0 spiro atoms. The molecule has 0 saturated carbocycles. The molecule has 1 heterocycles. The molecule has 0 radical (unpaired) electrons. The number of thiol groups is 1. The Bertz CT molecular complexity index is 1050. The fourth-order valence-electron chi connectivity index (χ4n) is 3.19. The number of primary amides is 1. The number of nitrogens with one attached hydrogen (secondary N) is 4. The summed E-state index contributed by atoms with van der Waals surface area (Å²) in [4.78, 5) is 68.0. The Labute approximate surface area is 212 Å². The van der Waals surface area contributed by atoms with Crippen LogP contribution in [0.15, 0.2) is 42.9 Å². The Balaban J connectivity index is 2.26. The van der Waals surface area contributed by atoms with Crippen LogP contribution in [-0.2, 0) is 36.8 Å². The van der Waals surface area contributed by atoms with Gasteiger partial charge in [0.25, 0.3) is 0 Å². The lowest BCUT2D eigenvalue weighted by Gasteiger charge is -2.25. The second kappa shape index (κ2) is 13.8. The van der Waals surface area contributed by atoms with Crippen molar-refractivity contribution in [2.45, 2.75) is 43.4 Å². The lowest BCUT2D eigenvalue weighted by Crippen LogP contribution is -2.58. The first kappa shape index (κ1) is 28.3. The third-order valence-corrected chi connectivity index (χ3v) is 5.47. The number of amides is 4. The molecule has 14 heteroatoms. The minimum atomic E-state index is -1.59. The highest BCUT2D eigenvalue weighted by molar-refractivity contribution is 7.80. The lowest BCUT2D eigenvalue weighted by molar-refractivity contribution is -0.143. The van der Waals surface area contributed by atoms with E-state index in [9.17, 15) is 29.1 Å². The van der Waals surface area contributed by atoms with E-state index in [1.807, 2.05) is 0 Å². The first-order valence-electron chi connectivity index (χ1n) is 10.9. The maximum Gasteiger partial charge on any atom is 0.326 e. The normalized spacial score (nSPS) is 14.1. The van der Waals surface area contributed by atoms with Gasteiger partial charge in [-0.1, -0.05) is 30.3 Å². The molecule has 9 N–H and O–H groups in total. The van der Waals surface area contributed by atoms with E-state index in [0.29, 0.717) is 5.69 Å². The average molecular weight is 520 g/mol. The van der Waals surface area contributed by atoms with Gasteiger partial charge in [0.2, 0.25) is 23.6 Å². The molecule has 4 unspecified atom stereocenters. The number of nitrogens with two attached hydrogens (primary N) is 2. The van der Waals surface area contributed by atoms with Crippen LogP contribution in [0, 0.1) is 0 Å². The highest BCUT2D eigenvalue weighted by Gasteiger charge is 2.31. The summed E-state index contributed by atoms with van der Waals surface area (Å²) in [5.41, 5.74) is 12.0. The van der Waals surface area contributed by atoms with Crippen LogP contribution in [-0.4, -0.2) is 74.6 Å². The van der Waals surface area contributed by atoms with Crippen molar-refractivity contribution >= 4 is 42.2 Å². The first-order valence-corrected chi connectivity index (χ1v) is 11.5. The fourth-order valence-corrected chi connectivity index (χ4v) is 3.36. The molecule has 13 nitrogen and oxygen atoms in total. The summed E-state index contributed by atoms with van der Waals surface area (Å²) < 4.78 is 0. The molecule has 0 saturated heterocycles. The number of aliphatic carboxylic acids is 1. The van der Waals surface area contributed by atoms with Crippen LogP contribution in [0.3, 0.4) is 0 Å². The van der Waals surface area contributed by atoms with Crippen molar-refractivity contribution < 1.29 is 29.1 Å². The number of aromatic amines is 1. The Hall–Kier alpha value is -3.91. The summed E-state index contributed by atoms with van der Waals surface area (Å²) in [6.07, 6.45) is 2.17. The predicted molar refractivity (Wildman–Crippen MR) is 132 cm³/mol. The molecular weight excluding hydrogens is 490 g/mol. The summed E-state index contributed by atoms with van der Waals surface area (Å²) >= 11 is 4.00. The molecule has 0 bridgehead atoms. The average Bonchev–Trinajstić information content (AvgIpc) is 3.35. The predicted octanol–water partition coefficient (Wildman–Crippen LogP) is -2.13. The highest BCUT2D eigenvalue weighted by Crippen LogP contribution is 2.07. The topological polar surface area (TPSA) is 222 Å². The Morgan fingerprint density at radius 3 is 2.06 bits per heavy atom. The van der Waals surface area contributed by atoms with E-state index in [4.69, 9.17) is 11.5 Å². The van der Waals surface area contributed by atoms with Crippen molar-refractivity contribution in [3.8, 4) is 0 Å². The molecule has 1 aromatic heterocycles. The van der Waals surface area contributed by atoms with Gasteiger partial charge in [-0.3, -0.25) is 19.2 Å². The summed E-state index contributed by atoms with van der Waals surface area (Å²) in [6, 6.07) is 3.92. The first-order chi connectivity index (χ1) is 17.1. The van der Waals surface area contributed by atoms with E-state index in [2.05, 4.69) is 38.5 Å². The summed E-state index contributed by atoms with van der Waals surface area (Å²) in [6.45, 7) is 0. The smallest absolute Gasteiger partial charge is 0.326 e. The fraction of sp³-hybridized carbons (Fsp3) is 0.364. The molecule has 2 rings (SSSR count). The van der Waals surface area contributed by atoms with E-state index in [1.54, 1.807) is 30.3 Å². The van der Waals surface area contributed by atoms with Gasteiger partial charge in [0, 0.05) is 30.5 Å².